The Kier molecular flexibility index (Phi) is 7.78. The van der Waals surface area contributed by atoms with Gasteiger partial charge in [-0.1, -0.05) is 18.2 Å². The molecule has 1 heterocycles. The van der Waals surface area contributed by atoms with Gasteiger partial charge in [-0.05, 0) is 71.6 Å². The molecule has 0 bridgehead atoms. The maximum Gasteiger partial charge on any atom is 0.255 e. The Morgan fingerprint density at radius 3 is 2.38 bits per heavy atom. The lowest BCUT2D eigenvalue weighted by atomic mass is 10.1. The predicted octanol–water partition coefficient (Wildman–Crippen LogP) is 6.13. The zero-order chi connectivity index (χ0) is 20.6. The molecule has 0 radical (unpaired) electrons. The van der Waals surface area contributed by atoms with E-state index in [0.717, 1.165) is 16.7 Å². The number of thiophene rings is 1. The monoisotopic (exact) mass is 428 g/mol. The van der Waals surface area contributed by atoms with E-state index >= 15 is 0 Å². The third kappa shape index (κ3) is 5.87. The summed E-state index contributed by atoms with van der Waals surface area (Å²) in [6, 6.07) is 15.2. The summed E-state index contributed by atoms with van der Waals surface area (Å²) in [5.74, 6) is -0.192. The van der Waals surface area contributed by atoms with Crippen molar-refractivity contribution in [3.05, 3.63) is 70.4 Å². The van der Waals surface area contributed by atoms with Gasteiger partial charge in [-0.3, -0.25) is 4.79 Å². The summed E-state index contributed by atoms with van der Waals surface area (Å²) in [4.78, 5) is 12.7. The fourth-order valence-electron chi connectivity index (χ4n) is 2.79. The fourth-order valence-corrected chi connectivity index (χ4v) is 4.80. The summed E-state index contributed by atoms with van der Waals surface area (Å²) < 4.78 is 11.3. The highest BCUT2D eigenvalue weighted by atomic mass is 32.1. The topological polar surface area (TPSA) is 73.6 Å². The van der Waals surface area contributed by atoms with Crippen LogP contribution in [0.25, 0.3) is 11.1 Å². The van der Waals surface area contributed by atoms with Gasteiger partial charge in [0.25, 0.3) is 5.91 Å². The number of hydrogen-bond acceptors (Lipinski definition) is 5. The molecule has 0 aliphatic carbocycles. The number of rotatable bonds is 9. The molecule has 0 saturated heterocycles. The lowest BCUT2D eigenvalue weighted by molar-refractivity contribution is 0.102. The molecular formula is C22H25N2O3PS. The normalized spacial score (nSPS) is 11.0. The van der Waals surface area contributed by atoms with Crippen molar-refractivity contribution in [2.24, 2.45) is 0 Å². The Bertz CT molecular complexity index is 924. The van der Waals surface area contributed by atoms with Crippen molar-refractivity contribution in [1.82, 2.24) is 0 Å². The predicted molar refractivity (Wildman–Crippen MR) is 122 cm³/mol. The van der Waals surface area contributed by atoms with Crippen LogP contribution < -0.4 is 11.1 Å². The van der Waals surface area contributed by atoms with Gasteiger partial charge in [0.05, 0.1) is 24.6 Å². The van der Waals surface area contributed by atoms with Crippen molar-refractivity contribution >= 4 is 37.0 Å². The number of carbonyl (C=O) groups is 1. The van der Waals surface area contributed by atoms with Crippen molar-refractivity contribution in [1.29, 1.82) is 0 Å². The highest BCUT2D eigenvalue weighted by Gasteiger charge is 2.13. The zero-order valence-electron chi connectivity index (χ0n) is 16.6. The molecule has 0 atom stereocenters. The second-order valence-corrected chi connectivity index (χ2v) is 8.57. The summed E-state index contributed by atoms with van der Waals surface area (Å²) in [7, 11) is -0.944. The van der Waals surface area contributed by atoms with Gasteiger partial charge in [0.15, 0.2) is 8.38 Å². The van der Waals surface area contributed by atoms with E-state index in [1.807, 2.05) is 67.8 Å². The van der Waals surface area contributed by atoms with Gasteiger partial charge >= 0.3 is 0 Å². The van der Waals surface area contributed by atoms with Crippen LogP contribution >= 0.6 is 19.7 Å². The molecule has 3 N–H and O–H groups in total. The van der Waals surface area contributed by atoms with Crippen molar-refractivity contribution in [3.8, 4) is 11.1 Å². The van der Waals surface area contributed by atoms with E-state index in [4.69, 9.17) is 14.8 Å². The van der Waals surface area contributed by atoms with Crippen LogP contribution in [0.5, 0.6) is 0 Å². The highest BCUT2D eigenvalue weighted by Crippen LogP contribution is 2.41. The molecule has 7 heteroatoms. The van der Waals surface area contributed by atoms with Crippen LogP contribution in [0, 0.1) is 0 Å². The molecule has 2 aromatic carbocycles. The molecule has 0 spiro atoms. The molecule has 0 fully saturated rings. The molecule has 0 saturated carbocycles. The number of amides is 1. The SMILES string of the molecule is CCOP(Cc1ccc(C(=O)Nc2cc(-c3ccsc3)ccc2N)cc1)OCC. The van der Waals surface area contributed by atoms with Gasteiger partial charge in [-0.25, -0.2) is 0 Å². The van der Waals surface area contributed by atoms with Crippen LogP contribution in [0.2, 0.25) is 0 Å². The second-order valence-electron chi connectivity index (χ2n) is 6.29. The van der Waals surface area contributed by atoms with E-state index in [0.29, 0.717) is 36.3 Å². The fraction of sp³-hybridized carbons (Fsp3) is 0.227. The minimum Gasteiger partial charge on any atom is -0.397 e. The first-order valence-electron chi connectivity index (χ1n) is 9.46. The smallest absolute Gasteiger partial charge is 0.255 e. The van der Waals surface area contributed by atoms with Crippen molar-refractivity contribution in [2.75, 3.05) is 24.3 Å². The number of nitrogen functional groups attached to an aromatic ring is 1. The van der Waals surface area contributed by atoms with E-state index in [2.05, 4.69) is 10.7 Å². The van der Waals surface area contributed by atoms with Crippen molar-refractivity contribution in [2.45, 2.75) is 20.0 Å². The number of nitrogens with one attached hydrogen (secondary N) is 1. The summed E-state index contributed by atoms with van der Waals surface area (Å²) >= 11 is 1.63. The first kappa shape index (κ1) is 21.5. The van der Waals surface area contributed by atoms with Crippen LogP contribution in [0.3, 0.4) is 0 Å². The van der Waals surface area contributed by atoms with E-state index in [9.17, 15) is 4.79 Å². The van der Waals surface area contributed by atoms with E-state index < -0.39 is 8.38 Å². The number of anilines is 2. The molecule has 0 unspecified atom stereocenters. The standard InChI is InChI=1S/C22H25N2O3PS/c1-3-26-28(27-4-2)14-16-5-7-17(8-6-16)22(25)24-21-13-18(9-10-20(21)23)19-11-12-29-15-19/h5-13,15H,3-4,14,23H2,1-2H3,(H,24,25). The Morgan fingerprint density at radius 1 is 1.03 bits per heavy atom. The lowest BCUT2D eigenvalue weighted by Gasteiger charge is -2.16. The van der Waals surface area contributed by atoms with Crippen LogP contribution in [-0.4, -0.2) is 19.1 Å². The molecule has 0 aliphatic heterocycles. The summed E-state index contributed by atoms with van der Waals surface area (Å²) in [6.45, 7) is 5.16. The Hall–Kier alpha value is -2.24. The minimum atomic E-state index is -0.944. The number of nitrogens with two attached hydrogens (primary N) is 1. The molecule has 152 valence electrons. The minimum absolute atomic E-state index is 0.192. The molecule has 3 aromatic rings. The van der Waals surface area contributed by atoms with Gasteiger partial charge in [-0.2, -0.15) is 11.3 Å². The van der Waals surface area contributed by atoms with E-state index in [-0.39, 0.29) is 5.91 Å². The van der Waals surface area contributed by atoms with Crippen LogP contribution in [-0.2, 0) is 15.2 Å². The molecule has 5 nitrogen and oxygen atoms in total. The maximum absolute atomic E-state index is 12.7. The average molecular weight is 428 g/mol. The second kappa shape index (κ2) is 10.5. The molecular weight excluding hydrogens is 403 g/mol. The molecule has 1 amide bonds. The quantitative estimate of drug-likeness (QED) is 0.317. The Morgan fingerprint density at radius 2 is 1.76 bits per heavy atom. The summed E-state index contributed by atoms with van der Waals surface area (Å²) in [6.07, 6.45) is 0.703. The average Bonchev–Trinajstić information content (AvgIpc) is 3.25. The van der Waals surface area contributed by atoms with Gasteiger partial charge < -0.3 is 20.1 Å². The Balaban J connectivity index is 1.69. The molecule has 0 aliphatic rings. The van der Waals surface area contributed by atoms with Gasteiger partial charge in [0.2, 0.25) is 0 Å². The van der Waals surface area contributed by atoms with Crippen LogP contribution in [0.4, 0.5) is 11.4 Å². The molecule has 3 rings (SSSR count). The van der Waals surface area contributed by atoms with Gasteiger partial charge in [-0.15, -0.1) is 0 Å². The first-order valence-corrected chi connectivity index (χ1v) is 11.8. The maximum atomic E-state index is 12.7. The van der Waals surface area contributed by atoms with Crippen molar-refractivity contribution in [3.63, 3.8) is 0 Å². The Labute approximate surface area is 176 Å². The summed E-state index contributed by atoms with van der Waals surface area (Å²) in [5, 5.41) is 7.01. The lowest BCUT2D eigenvalue weighted by Crippen LogP contribution is -2.13. The van der Waals surface area contributed by atoms with Gasteiger partial charge in [0, 0.05) is 11.7 Å². The number of benzene rings is 2. The number of carbonyl (C=O) groups excluding carboxylic acids is 1. The van der Waals surface area contributed by atoms with Crippen LogP contribution in [0.15, 0.2) is 59.3 Å². The number of hydrogen-bond donors (Lipinski definition) is 2. The molecule has 29 heavy (non-hydrogen) atoms. The first-order chi connectivity index (χ1) is 14.1. The van der Waals surface area contributed by atoms with Gasteiger partial charge in [0.1, 0.15) is 0 Å². The largest absolute Gasteiger partial charge is 0.397 e. The zero-order valence-corrected chi connectivity index (χ0v) is 18.3. The van der Waals surface area contributed by atoms with Crippen LogP contribution in [0.1, 0.15) is 29.8 Å². The van der Waals surface area contributed by atoms with Crippen molar-refractivity contribution < 1.29 is 13.8 Å². The third-order valence-corrected chi connectivity index (χ3v) is 6.63. The van der Waals surface area contributed by atoms with E-state index in [1.54, 1.807) is 11.3 Å². The van der Waals surface area contributed by atoms with E-state index in [1.165, 1.54) is 0 Å². The third-order valence-electron chi connectivity index (χ3n) is 4.23. The molecule has 1 aromatic heterocycles. The highest BCUT2D eigenvalue weighted by molar-refractivity contribution is 7.46. The summed E-state index contributed by atoms with van der Waals surface area (Å²) in [5.41, 5.74) is 11.0.